The number of hydrogen-bond acceptors (Lipinski definition) is 4. The zero-order chi connectivity index (χ0) is 28.1. The lowest BCUT2D eigenvalue weighted by Gasteiger charge is -2.32. The van der Waals surface area contributed by atoms with Crippen LogP contribution >= 0.6 is 11.8 Å². The van der Waals surface area contributed by atoms with Crippen molar-refractivity contribution in [2.24, 2.45) is 0 Å². The number of carbonyl (C=O) groups is 1. The van der Waals surface area contributed by atoms with Gasteiger partial charge in [-0.25, -0.2) is 13.6 Å². The number of piperidine rings is 1. The summed E-state index contributed by atoms with van der Waals surface area (Å²) >= 11 is 1.78. The van der Waals surface area contributed by atoms with Crippen LogP contribution < -0.4 is 0 Å². The maximum Gasteiger partial charge on any atom is 0.338 e. The van der Waals surface area contributed by atoms with E-state index in [1.54, 1.807) is 43.0 Å². The first kappa shape index (κ1) is 28.4. The minimum atomic E-state index is -0.338. The lowest BCUT2D eigenvalue weighted by molar-refractivity contribution is 0.0526. The first-order valence-electron chi connectivity index (χ1n) is 14.2. The fraction of sp³-hybridized carbons (Fsp3) is 0.364. The predicted molar refractivity (Wildman–Crippen MR) is 159 cm³/mol. The monoisotopic (exact) mass is 562 g/mol. The molecule has 1 aliphatic rings. The van der Waals surface area contributed by atoms with Gasteiger partial charge < -0.3 is 14.2 Å². The largest absolute Gasteiger partial charge is 0.462 e. The Morgan fingerprint density at radius 3 is 2.33 bits per heavy atom. The quantitative estimate of drug-likeness (QED) is 0.111. The molecule has 0 N–H and O–H groups in total. The summed E-state index contributed by atoms with van der Waals surface area (Å²) in [5, 5.41) is 1.11. The van der Waals surface area contributed by atoms with E-state index in [-0.39, 0.29) is 17.6 Å². The summed E-state index contributed by atoms with van der Waals surface area (Å²) in [7, 11) is 0. The van der Waals surface area contributed by atoms with Gasteiger partial charge in [-0.15, -0.1) is 11.8 Å². The molecule has 1 aromatic heterocycles. The van der Waals surface area contributed by atoms with Gasteiger partial charge in [0.2, 0.25) is 0 Å². The Bertz CT molecular complexity index is 1440. The molecule has 4 aromatic rings. The van der Waals surface area contributed by atoms with Crippen molar-refractivity contribution in [2.45, 2.75) is 50.3 Å². The molecule has 0 amide bonds. The van der Waals surface area contributed by atoms with Gasteiger partial charge in [0, 0.05) is 21.7 Å². The van der Waals surface area contributed by atoms with Crippen LogP contribution in [0.2, 0.25) is 0 Å². The topological polar surface area (TPSA) is 34.5 Å². The highest BCUT2D eigenvalue weighted by Gasteiger charge is 2.27. The van der Waals surface area contributed by atoms with E-state index in [2.05, 4.69) is 16.4 Å². The number of hydrogen-bond donors (Lipinski definition) is 0. The molecule has 4 nitrogen and oxygen atoms in total. The van der Waals surface area contributed by atoms with Crippen LogP contribution in [0.5, 0.6) is 0 Å². The van der Waals surface area contributed by atoms with Crippen molar-refractivity contribution in [3.8, 4) is 5.69 Å². The van der Waals surface area contributed by atoms with Crippen LogP contribution in [0.15, 0.2) is 71.6 Å². The third kappa shape index (κ3) is 6.26. The zero-order valence-corrected chi connectivity index (χ0v) is 24.0. The molecule has 1 fully saturated rings. The van der Waals surface area contributed by atoms with Gasteiger partial charge >= 0.3 is 5.97 Å². The first-order chi connectivity index (χ1) is 19.5. The molecule has 0 bridgehead atoms. The van der Waals surface area contributed by atoms with Gasteiger partial charge in [-0.2, -0.15) is 0 Å². The number of rotatable bonds is 10. The van der Waals surface area contributed by atoms with Gasteiger partial charge in [-0.1, -0.05) is 6.92 Å². The Morgan fingerprint density at radius 2 is 1.65 bits per heavy atom. The minimum absolute atomic E-state index is 0.196. The second-order valence-electron chi connectivity index (χ2n) is 10.2. The number of esters is 1. The van der Waals surface area contributed by atoms with E-state index < -0.39 is 0 Å². The summed E-state index contributed by atoms with van der Waals surface area (Å²) in [5.41, 5.74) is 4.84. The van der Waals surface area contributed by atoms with Crippen molar-refractivity contribution < 1.29 is 18.3 Å². The lowest BCUT2D eigenvalue weighted by atomic mass is 9.87. The van der Waals surface area contributed by atoms with Gasteiger partial charge in [0.15, 0.2) is 0 Å². The number of carbonyl (C=O) groups excluding carboxylic acids is 1. The molecule has 0 spiro atoms. The van der Waals surface area contributed by atoms with Gasteiger partial charge in [-0.3, -0.25) is 0 Å². The minimum Gasteiger partial charge on any atom is -0.462 e. The Labute approximate surface area is 239 Å². The first-order valence-corrected chi connectivity index (χ1v) is 15.2. The van der Waals surface area contributed by atoms with Gasteiger partial charge in [-0.05, 0) is 136 Å². The van der Waals surface area contributed by atoms with Gasteiger partial charge in [0.1, 0.15) is 11.6 Å². The predicted octanol–water partition coefficient (Wildman–Crippen LogP) is 8.01. The number of aromatic nitrogens is 1. The zero-order valence-electron chi connectivity index (χ0n) is 23.2. The van der Waals surface area contributed by atoms with E-state index in [1.807, 2.05) is 30.3 Å². The van der Waals surface area contributed by atoms with Crippen LogP contribution in [0.3, 0.4) is 0 Å². The molecule has 1 aliphatic heterocycles. The Morgan fingerprint density at radius 1 is 0.950 bits per heavy atom. The lowest BCUT2D eigenvalue weighted by Crippen LogP contribution is -2.34. The molecule has 0 atom stereocenters. The molecule has 0 radical (unpaired) electrons. The molecule has 2 heterocycles. The molecule has 210 valence electrons. The highest BCUT2D eigenvalue weighted by molar-refractivity contribution is 7.99. The van der Waals surface area contributed by atoms with E-state index in [0.29, 0.717) is 18.1 Å². The molecule has 0 saturated carbocycles. The fourth-order valence-corrected chi connectivity index (χ4v) is 6.69. The maximum atomic E-state index is 14.5. The van der Waals surface area contributed by atoms with Crippen molar-refractivity contribution >= 4 is 28.6 Å². The second kappa shape index (κ2) is 13.0. The third-order valence-corrected chi connectivity index (χ3v) is 8.84. The van der Waals surface area contributed by atoms with Crippen molar-refractivity contribution in [2.75, 3.05) is 32.0 Å². The SMILES string of the molecule is CCOC(=O)c1ccc(-n2c(CC)c(C3CCN(CCCSc4ccc(F)cc4)CC3)c3ccc(F)cc32)cc1. The standard InChI is InChI=1S/C33H36F2N2O2S/c1-3-30-32(23-16-19-36(20-17-23)18-5-21-40-28-13-8-25(34)9-14-28)29-15-10-26(35)22-31(29)37(30)27-11-6-24(7-12-27)33(38)39-4-2/h6-15,22-23H,3-5,16-21H2,1-2H3. The summed E-state index contributed by atoms with van der Waals surface area (Å²) in [6.45, 7) is 7.42. The second-order valence-corrected chi connectivity index (χ2v) is 11.4. The van der Waals surface area contributed by atoms with Gasteiger partial charge in [0.25, 0.3) is 0 Å². The number of likely N-dealkylation sites (tertiary alicyclic amines) is 1. The molecular weight excluding hydrogens is 526 g/mol. The van der Waals surface area contributed by atoms with Crippen molar-refractivity contribution in [1.82, 2.24) is 9.47 Å². The van der Waals surface area contributed by atoms with Crippen molar-refractivity contribution in [1.29, 1.82) is 0 Å². The number of halogens is 2. The maximum absolute atomic E-state index is 14.5. The number of nitrogens with zero attached hydrogens (tertiary/aromatic N) is 2. The van der Waals surface area contributed by atoms with E-state index in [9.17, 15) is 13.6 Å². The normalized spacial score (nSPS) is 14.6. The average Bonchev–Trinajstić information content (AvgIpc) is 3.30. The number of thioether (sulfide) groups is 1. The molecule has 3 aromatic carbocycles. The van der Waals surface area contributed by atoms with Crippen LogP contribution in [0.25, 0.3) is 16.6 Å². The summed E-state index contributed by atoms with van der Waals surface area (Å²) in [6, 6.07) is 19.2. The summed E-state index contributed by atoms with van der Waals surface area (Å²) in [6.07, 6.45) is 4.05. The van der Waals surface area contributed by atoms with E-state index >= 15 is 0 Å². The third-order valence-electron chi connectivity index (χ3n) is 7.74. The Hall–Kier alpha value is -3.16. The number of ether oxygens (including phenoxy) is 1. The van der Waals surface area contributed by atoms with E-state index in [4.69, 9.17) is 4.74 Å². The molecular formula is C33H36F2N2O2S. The number of fused-ring (bicyclic) bond motifs is 1. The highest BCUT2D eigenvalue weighted by atomic mass is 32.2. The van der Waals surface area contributed by atoms with Gasteiger partial charge in [0.05, 0.1) is 17.7 Å². The van der Waals surface area contributed by atoms with Crippen LogP contribution in [0.4, 0.5) is 8.78 Å². The van der Waals surface area contributed by atoms with Crippen LogP contribution in [-0.2, 0) is 11.2 Å². The molecule has 0 aliphatic carbocycles. The molecule has 0 unspecified atom stereocenters. The smallest absolute Gasteiger partial charge is 0.338 e. The molecule has 7 heteroatoms. The molecule has 5 rings (SSSR count). The fourth-order valence-electron chi connectivity index (χ4n) is 5.85. The van der Waals surface area contributed by atoms with Crippen LogP contribution in [0, 0.1) is 11.6 Å². The highest BCUT2D eigenvalue weighted by Crippen LogP contribution is 2.40. The van der Waals surface area contributed by atoms with E-state index in [1.165, 1.54) is 23.4 Å². The summed E-state index contributed by atoms with van der Waals surface area (Å²) < 4.78 is 34.9. The number of benzene rings is 3. The van der Waals surface area contributed by atoms with Crippen LogP contribution in [-0.4, -0.2) is 47.4 Å². The van der Waals surface area contributed by atoms with E-state index in [0.717, 1.165) is 72.6 Å². The molecule has 1 saturated heterocycles. The Balaban J connectivity index is 1.31. The average molecular weight is 563 g/mol. The Kier molecular flexibility index (Phi) is 9.22. The van der Waals surface area contributed by atoms with Crippen molar-refractivity contribution in [3.63, 3.8) is 0 Å². The van der Waals surface area contributed by atoms with Crippen molar-refractivity contribution in [3.05, 3.63) is 95.2 Å². The summed E-state index contributed by atoms with van der Waals surface area (Å²) in [5.74, 6) is 0.637. The summed E-state index contributed by atoms with van der Waals surface area (Å²) in [4.78, 5) is 15.8. The molecule has 40 heavy (non-hydrogen) atoms. The van der Waals surface area contributed by atoms with Crippen LogP contribution in [0.1, 0.15) is 60.6 Å².